The summed E-state index contributed by atoms with van der Waals surface area (Å²) in [5.41, 5.74) is 7.37. The van der Waals surface area contributed by atoms with Crippen LogP contribution in [0.4, 0.5) is 5.13 Å². The molecule has 3 rings (SSSR count). The molecule has 1 atom stereocenters. The van der Waals surface area contributed by atoms with Gasteiger partial charge in [0.05, 0.1) is 16.3 Å². The molecular formula is C14H13Cl2N3OS. The average Bonchev–Trinajstić information content (AvgIpc) is 2.79. The first kappa shape index (κ1) is 14.8. The summed E-state index contributed by atoms with van der Waals surface area (Å²) in [4.78, 5) is 17.8. The van der Waals surface area contributed by atoms with Crippen molar-refractivity contribution >= 4 is 45.6 Å². The molecule has 0 unspecified atom stereocenters. The lowest BCUT2D eigenvalue weighted by molar-refractivity contribution is 0.102. The SMILES string of the molecule is N[C@H]1CCc2nc(NC(=O)c3ccc(Cl)cc3Cl)sc2C1. The summed E-state index contributed by atoms with van der Waals surface area (Å²) in [6.07, 6.45) is 2.63. The molecule has 4 nitrogen and oxygen atoms in total. The number of nitrogens with two attached hydrogens (primary N) is 1. The van der Waals surface area contributed by atoms with E-state index < -0.39 is 0 Å². The van der Waals surface area contributed by atoms with Gasteiger partial charge in [0.1, 0.15) is 0 Å². The highest BCUT2D eigenvalue weighted by Crippen LogP contribution is 2.30. The number of nitrogens with one attached hydrogen (secondary N) is 1. The number of hydrogen-bond donors (Lipinski definition) is 2. The summed E-state index contributed by atoms with van der Waals surface area (Å²) in [7, 11) is 0. The summed E-state index contributed by atoms with van der Waals surface area (Å²) in [5.74, 6) is -0.285. The molecule has 1 heterocycles. The van der Waals surface area contributed by atoms with E-state index in [0.717, 1.165) is 29.8 Å². The number of carbonyl (C=O) groups excluding carboxylic acids is 1. The summed E-state index contributed by atoms with van der Waals surface area (Å²) >= 11 is 13.3. The maximum absolute atomic E-state index is 12.2. The molecule has 0 saturated carbocycles. The van der Waals surface area contributed by atoms with Crippen LogP contribution in [0.5, 0.6) is 0 Å². The minimum absolute atomic E-state index is 0.187. The molecule has 0 aliphatic heterocycles. The van der Waals surface area contributed by atoms with E-state index in [0.29, 0.717) is 20.7 Å². The summed E-state index contributed by atoms with van der Waals surface area (Å²) in [6.45, 7) is 0. The third-order valence-electron chi connectivity index (χ3n) is 3.37. The fourth-order valence-electron chi connectivity index (χ4n) is 2.29. The third-order valence-corrected chi connectivity index (χ3v) is 4.96. The van der Waals surface area contributed by atoms with Crippen molar-refractivity contribution in [2.75, 3.05) is 5.32 Å². The lowest BCUT2D eigenvalue weighted by Gasteiger charge is -2.15. The number of aryl methyl sites for hydroxylation is 1. The van der Waals surface area contributed by atoms with E-state index in [-0.39, 0.29) is 11.9 Å². The minimum Gasteiger partial charge on any atom is -0.327 e. The van der Waals surface area contributed by atoms with Crippen LogP contribution in [0.15, 0.2) is 18.2 Å². The Morgan fingerprint density at radius 3 is 3.00 bits per heavy atom. The number of amides is 1. The Bertz CT molecular complexity index is 702. The Morgan fingerprint density at radius 2 is 2.24 bits per heavy atom. The van der Waals surface area contributed by atoms with Crippen LogP contribution in [-0.4, -0.2) is 16.9 Å². The standard InChI is InChI=1S/C14H13Cl2N3OS/c15-7-1-3-9(10(16)5-7)13(20)19-14-18-11-4-2-8(17)6-12(11)21-14/h1,3,5,8H,2,4,6,17H2,(H,18,19,20)/t8-/m0/s1. The van der Waals surface area contributed by atoms with Crippen LogP contribution in [0.3, 0.4) is 0 Å². The first-order chi connectivity index (χ1) is 10.0. The zero-order valence-corrected chi connectivity index (χ0v) is 13.4. The van der Waals surface area contributed by atoms with E-state index >= 15 is 0 Å². The number of rotatable bonds is 2. The van der Waals surface area contributed by atoms with E-state index in [4.69, 9.17) is 28.9 Å². The number of thiazole rings is 1. The molecule has 1 amide bonds. The zero-order valence-electron chi connectivity index (χ0n) is 11.0. The van der Waals surface area contributed by atoms with E-state index in [2.05, 4.69) is 10.3 Å². The van der Waals surface area contributed by atoms with Crippen molar-refractivity contribution in [3.63, 3.8) is 0 Å². The number of nitrogens with zero attached hydrogens (tertiary/aromatic N) is 1. The second kappa shape index (κ2) is 5.93. The molecule has 0 fully saturated rings. The molecule has 0 saturated heterocycles. The Morgan fingerprint density at radius 1 is 1.43 bits per heavy atom. The van der Waals surface area contributed by atoms with Gasteiger partial charge in [-0.2, -0.15) is 0 Å². The van der Waals surface area contributed by atoms with Crippen molar-refractivity contribution in [2.24, 2.45) is 5.73 Å². The molecule has 1 aromatic carbocycles. The van der Waals surface area contributed by atoms with Gasteiger partial charge in [-0.1, -0.05) is 23.2 Å². The first-order valence-corrected chi connectivity index (χ1v) is 8.10. The predicted octanol–water partition coefficient (Wildman–Crippen LogP) is 3.52. The van der Waals surface area contributed by atoms with Crippen molar-refractivity contribution in [1.82, 2.24) is 4.98 Å². The molecule has 1 aromatic heterocycles. The van der Waals surface area contributed by atoms with Crippen molar-refractivity contribution in [1.29, 1.82) is 0 Å². The van der Waals surface area contributed by atoms with Gasteiger partial charge in [-0.05, 0) is 37.5 Å². The maximum Gasteiger partial charge on any atom is 0.258 e. The van der Waals surface area contributed by atoms with Crippen LogP contribution in [0.25, 0.3) is 0 Å². The second-order valence-corrected chi connectivity index (χ2v) is 6.90. The van der Waals surface area contributed by atoms with E-state index in [1.54, 1.807) is 18.2 Å². The molecule has 2 aromatic rings. The van der Waals surface area contributed by atoms with Gasteiger partial charge in [-0.25, -0.2) is 4.98 Å². The highest BCUT2D eigenvalue weighted by atomic mass is 35.5. The molecule has 21 heavy (non-hydrogen) atoms. The molecule has 1 aliphatic carbocycles. The predicted molar refractivity (Wildman–Crippen MR) is 86.5 cm³/mol. The highest BCUT2D eigenvalue weighted by molar-refractivity contribution is 7.15. The number of halogens is 2. The van der Waals surface area contributed by atoms with E-state index in [1.165, 1.54) is 11.3 Å². The number of anilines is 1. The van der Waals surface area contributed by atoms with Gasteiger partial charge in [0.25, 0.3) is 5.91 Å². The van der Waals surface area contributed by atoms with Crippen LogP contribution in [0.2, 0.25) is 10.0 Å². The van der Waals surface area contributed by atoms with Gasteiger partial charge >= 0.3 is 0 Å². The van der Waals surface area contributed by atoms with Gasteiger partial charge < -0.3 is 5.73 Å². The third kappa shape index (κ3) is 3.21. The molecule has 110 valence electrons. The number of hydrogen-bond acceptors (Lipinski definition) is 4. The summed E-state index contributed by atoms with van der Waals surface area (Å²) in [5, 5.41) is 4.20. The van der Waals surface area contributed by atoms with Crippen LogP contribution in [0, 0.1) is 0 Å². The fourth-order valence-corrected chi connectivity index (χ4v) is 3.88. The number of carbonyl (C=O) groups is 1. The molecule has 0 radical (unpaired) electrons. The summed E-state index contributed by atoms with van der Waals surface area (Å²) in [6, 6.07) is 4.97. The molecule has 1 aliphatic rings. The average molecular weight is 342 g/mol. The Kier molecular flexibility index (Phi) is 4.17. The quantitative estimate of drug-likeness (QED) is 0.877. The minimum atomic E-state index is -0.285. The molecule has 3 N–H and O–H groups in total. The van der Waals surface area contributed by atoms with Crippen LogP contribution in [0.1, 0.15) is 27.3 Å². The van der Waals surface area contributed by atoms with Crippen molar-refractivity contribution < 1.29 is 4.79 Å². The lowest BCUT2D eigenvalue weighted by Crippen LogP contribution is -2.27. The van der Waals surface area contributed by atoms with Gasteiger partial charge in [-0.15, -0.1) is 11.3 Å². The topological polar surface area (TPSA) is 68.0 Å². The maximum atomic E-state index is 12.2. The normalized spacial score (nSPS) is 17.4. The van der Waals surface area contributed by atoms with Crippen LogP contribution < -0.4 is 11.1 Å². The molecule has 7 heteroatoms. The first-order valence-electron chi connectivity index (χ1n) is 6.53. The van der Waals surface area contributed by atoms with Crippen LogP contribution >= 0.6 is 34.5 Å². The molecule has 0 spiro atoms. The van der Waals surface area contributed by atoms with Crippen molar-refractivity contribution in [2.45, 2.75) is 25.3 Å². The van der Waals surface area contributed by atoms with Gasteiger partial charge in [0, 0.05) is 15.9 Å². The monoisotopic (exact) mass is 341 g/mol. The van der Waals surface area contributed by atoms with Gasteiger partial charge in [0.15, 0.2) is 5.13 Å². The zero-order chi connectivity index (χ0) is 15.0. The van der Waals surface area contributed by atoms with Gasteiger partial charge in [-0.3, -0.25) is 10.1 Å². The smallest absolute Gasteiger partial charge is 0.258 e. The van der Waals surface area contributed by atoms with E-state index in [1.807, 2.05) is 0 Å². The lowest BCUT2D eigenvalue weighted by atomic mass is 9.99. The molecule has 0 bridgehead atoms. The fraction of sp³-hybridized carbons (Fsp3) is 0.286. The Balaban J connectivity index is 1.79. The number of fused-ring (bicyclic) bond motifs is 1. The number of benzene rings is 1. The number of aromatic nitrogens is 1. The van der Waals surface area contributed by atoms with Gasteiger partial charge in [0.2, 0.25) is 0 Å². The Hall–Kier alpha value is -1.14. The summed E-state index contributed by atoms with van der Waals surface area (Å²) < 4.78 is 0. The Labute approximate surface area is 136 Å². The van der Waals surface area contributed by atoms with E-state index in [9.17, 15) is 4.79 Å². The van der Waals surface area contributed by atoms with Crippen LogP contribution in [-0.2, 0) is 12.8 Å². The van der Waals surface area contributed by atoms with Crippen molar-refractivity contribution in [3.05, 3.63) is 44.4 Å². The second-order valence-electron chi connectivity index (χ2n) is 4.97. The van der Waals surface area contributed by atoms with Crippen molar-refractivity contribution in [3.8, 4) is 0 Å². The highest BCUT2D eigenvalue weighted by Gasteiger charge is 2.21. The molecular weight excluding hydrogens is 329 g/mol. The largest absolute Gasteiger partial charge is 0.327 e.